The second kappa shape index (κ2) is 11.0. The first-order chi connectivity index (χ1) is 15.9. The molecule has 0 unspecified atom stereocenters. The number of carbonyl (C=O) groups excluding carboxylic acids is 3. The Hall–Kier alpha value is -3.33. The van der Waals surface area contributed by atoms with Crippen molar-refractivity contribution in [3.05, 3.63) is 58.8 Å². The quantitative estimate of drug-likeness (QED) is 0.532. The molecule has 9 heteroatoms. The van der Waals surface area contributed by atoms with Crippen molar-refractivity contribution in [1.82, 2.24) is 4.90 Å². The minimum absolute atomic E-state index is 0.214. The van der Waals surface area contributed by atoms with Gasteiger partial charge in [-0.05, 0) is 75.0 Å². The Bertz CT molecular complexity index is 1070. The molecule has 0 spiro atoms. The summed E-state index contributed by atoms with van der Waals surface area (Å²) >= 11 is 0.776. The van der Waals surface area contributed by atoms with Crippen LogP contribution in [0.5, 0.6) is 5.75 Å². The number of nitrogens with zero attached hydrogens (tertiary/aromatic N) is 2. The molecule has 1 heterocycles. The molecule has 0 atom stereocenters. The number of hydrogen-bond donors (Lipinski definition) is 1. The third-order valence-electron chi connectivity index (χ3n) is 5.02. The fourth-order valence-electron chi connectivity index (χ4n) is 3.36. The first kappa shape index (κ1) is 24.3. The highest BCUT2D eigenvalue weighted by atomic mass is 32.2. The summed E-state index contributed by atoms with van der Waals surface area (Å²) in [5.74, 6) is -0.915. The van der Waals surface area contributed by atoms with Crippen molar-refractivity contribution < 1.29 is 23.5 Å². The zero-order valence-electron chi connectivity index (χ0n) is 18.8. The van der Waals surface area contributed by atoms with E-state index in [4.69, 9.17) is 4.74 Å². The molecule has 174 valence electrons. The molecular weight excluding hydrogens is 445 g/mol. The summed E-state index contributed by atoms with van der Waals surface area (Å²) in [6, 6.07) is 10.9. The smallest absolute Gasteiger partial charge is 0.294 e. The van der Waals surface area contributed by atoms with E-state index in [1.165, 1.54) is 24.3 Å². The average molecular weight is 472 g/mol. The van der Waals surface area contributed by atoms with Gasteiger partial charge in [0.1, 0.15) is 18.1 Å². The van der Waals surface area contributed by atoms with Crippen LogP contribution in [0.25, 0.3) is 6.08 Å². The van der Waals surface area contributed by atoms with Crippen molar-refractivity contribution in [3.63, 3.8) is 0 Å². The molecule has 0 aliphatic carbocycles. The van der Waals surface area contributed by atoms with Gasteiger partial charge in [-0.25, -0.2) is 4.39 Å². The zero-order valence-corrected chi connectivity index (χ0v) is 19.6. The lowest BCUT2D eigenvalue weighted by Gasteiger charge is -2.22. The van der Waals surface area contributed by atoms with Crippen LogP contribution in [0.3, 0.4) is 0 Å². The van der Waals surface area contributed by atoms with E-state index in [9.17, 15) is 18.8 Å². The number of imide groups is 1. The summed E-state index contributed by atoms with van der Waals surface area (Å²) in [6.45, 7) is 7.73. The zero-order chi connectivity index (χ0) is 24.0. The number of hydrogen-bond acceptors (Lipinski definition) is 6. The SMILES string of the molecule is CCOc1cc(N(CC)CC)ccc1/C=C1\SC(=O)N(CC(=O)Nc2ccc(F)cc2)C1=O. The largest absolute Gasteiger partial charge is 0.493 e. The molecule has 0 radical (unpaired) electrons. The summed E-state index contributed by atoms with van der Waals surface area (Å²) in [5, 5.41) is 2.02. The number of ether oxygens (including phenoxy) is 1. The van der Waals surface area contributed by atoms with E-state index in [2.05, 4.69) is 24.1 Å². The Morgan fingerprint density at radius 2 is 1.82 bits per heavy atom. The number of thioether (sulfide) groups is 1. The number of nitrogens with one attached hydrogen (secondary N) is 1. The predicted molar refractivity (Wildman–Crippen MR) is 129 cm³/mol. The monoisotopic (exact) mass is 471 g/mol. The molecular formula is C24H26FN3O4S. The van der Waals surface area contributed by atoms with Crippen LogP contribution >= 0.6 is 11.8 Å². The van der Waals surface area contributed by atoms with Gasteiger partial charge in [0.25, 0.3) is 11.1 Å². The lowest BCUT2D eigenvalue weighted by Crippen LogP contribution is -2.36. The van der Waals surface area contributed by atoms with E-state index in [1.54, 1.807) is 6.08 Å². The Morgan fingerprint density at radius 3 is 2.45 bits per heavy atom. The van der Waals surface area contributed by atoms with E-state index >= 15 is 0 Å². The number of amides is 3. The summed E-state index contributed by atoms with van der Waals surface area (Å²) in [4.78, 5) is 40.8. The number of halogens is 1. The topological polar surface area (TPSA) is 79.0 Å². The Morgan fingerprint density at radius 1 is 1.12 bits per heavy atom. The molecule has 1 aliphatic rings. The van der Waals surface area contributed by atoms with E-state index in [-0.39, 0.29) is 4.91 Å². The molecule has 33 heavy (non-hydrogen) atoms. The maximum Gasteiger partial charge on any atom is 0.294 e. The van der Waals surface area contributed by atoms with E-state index in [0.717, 1.165) is 35.4 Å². The third kappa shape index (κ3) is 5.92. The van der Waals surface area contributed by atoms with Gasteiger partial charge in [-0.3, -0.25) is 19.3 Å². The summed E-state index contributed by atoms with van der Waals surface area (Å²) in [5.41, 5.74) is 2.05. The van der Waals surface area contributed by atoms with Gasteiger partial charge in [0, 0.05) is 36.1 Å². The normalized spacial score (nSPS) is 14.7. The Balaban J connectivity index is 1.77. The van der Waals surface area contributed by atoms with Crippen LogP contribution in [0.1, 0.15) is 26.3 Å². The van der Waals surface area contributed by atoms with Gasteiger partial charge in [-0.2, -0.15) is 0 Å². The van der Waals surface area contributed by atoms with E-state index < -0.39 is 29.4 Å². The predicted octanol–water partition coefficient (Wildman–Crippen LogP) is 4.75. The van der Waals surface area contributed by atoms with Crippen LogP contribution < -0.4 is 15.0 Å². The van der Waals surface area contributed by atoms with Gasteiger partial charge in [-0.15, -0.1) is 0 Å². The molecule has 3 amide bonds. The number of benzene rings is 2. The second-order valence-corrected chi connectivity index (χ2v) is 8.14. The second-order valence-electron chi connectivity index (χ2n) is 7.15. The standard InChI is InChI=1S/C24H26FN3O4S/c1-4-27(5-2)19-12-7-16(20(14-19)32-6-3)13-21-23(30)28(24(31)33-21)15-22(29)26-18-10-8-17(25)9-11-18/h7-14H,4-6,15H2,1-3H3,(H,26,29)/b21-13-. The lowest BCUT2D eigenvalue weighted by atomic mass is 10.1. The lowest BCUT2D eigenvalue weighted by molar-refractivity contribution is -0.127. The van der Waals surface area contributed by atoms with Crippen LogP contribution in [0.2, 0.25) is 0 Å². The van der Waals surface area contributed by atoms with Gasteiger partial charge in [0.15, 0.2) is 0 Å². The molecule has 0 aromatic heterocycles. The van der Waals surface area contributed by atoms with Crippen molar-refractivity contribution in [2.24, 2.45) is 0 Å². The van der Waals surface area contributed by atoms with Gasteiger partial charge in [0.2, 0.25) is 5.91 Å². The van der Waals surface area contributed by atoms with Gasteiger partial charge < -0.3 is 15.0 Å². The van der Waals surface area contributed by atoms with Crippen molar-refractivity contribution in [1.29, 1.82) is 0 Å². The maximum atomic E-state index is 13.0. The van der Waals surface area contributed by atoms with Crippen LogP contribution in [-0.4, -0.2) is 48.2 Å². The van der Waals surface area contributed by atoms with Crippen molar-refractivity contribution in [2.45, 2.75) is 20.8 Å². The first-order valence-corrected chi connectivity index (χ1v) is 11.5. The van der Waals surface area contributed by atoms with Crippen molar-refractivity contribution in [2.75, 3.05) is 36.5 Å². The Kier molecular flexibility index (Phi) is 8.11. The summed E-state index contributed by atoms with van der Waals surface area (Å²) in [6.07, 6.45) is 1.61. The van der Waals surface area contributed by atoms with Crippen molar-refractivity contribution in [3.8, 4) is 5.75 Å². The summed E-state index contributed by atoms with van der Waals surface area (Å²) in [7, 11) is 0. The van der Waals surface area contributed by atoms with E-state index in [1.807, 2.05) is 25.1 Å². The molecule has 0 saturated carbocycles. The van der Waals surface area contributed by atoms with Crippen molar-refractivity contribution >= 4 is 46.3 Å². The minimum atomic E-state index is -0.552. The van der Waals surface area contributed by atoms with Crippen LogP contribution in [0.15, 0.2) is 47.4 Å². The van der Waals surface area contributed by atoms with Crippen LogP contribution in [0, 0.1) is 5.82 Å². The molecule has 0 bridgehead atoms. The molecule has 1 aliphatic heterocycles. The maximum absolute atomic E-state index is 13.0. The number of carbonyl (C=O) groups is 3. The molecule has 1 fully saturated rings. The van der Waals surface area contributed by atoms with E-state index in [0.29, 0.717) is 23.6 Å². The van der Waals surface area contributed by atoms with Crippen LogP contribution in [-0.2, 0) is 9.59 Å². The molecule has 2 aromatic rings. The molecule has 1 N–H and O–H groups in total. The first-order valence-electron chi connectivity index (χ1n) is 10.7. The number of rotatable bonds is 9. The molecule has 3 rings (SSSR count). The highest BCUT2D eigenvalue weighted by Crippen LogP contribution is 2.35. The average Bonchev–Trinajstić information content (AvgIpc) is 3.05. The number of anilines is 2. The minimum Gasteiger partial charge on any atom is -0.493 e. The highest BCUT2D eigenvalue weighted by Gasteiger charge is 2.36. The van der Waals surface area contributed by atoms with Crippen LogP contribution in [0.4, 0.5) is 20.6 Å². The Labute approximate surface area is 196 Å². The molecule has 2 aromatic carbocycles. The summed E-state index contributed by atoms with van der Waals surface area (Å²) < 4.78 is 18.8. The van der Waals surface area contributed by atoms with Gasteiger partial charge >= 0.3 is 0 Å². The highest BCUT2D eigenvalue weighted by molar-refractivity contribution is 8.18. The fourth-order valence-corrected chi connectivity index (χ4v) is 4.19. The fraction of sp³-hybridized carbons (Fsp3) is 0.292. The molecule has 1 saturated heterocycles. The third-order valence-corrected chi connectivity index (χ3v) is 5.92. The van der Waals surface area contributed by atoms with Gasteiger partial charge in [0.05, 0.1) is 11.5 Å². The molecule has 7 nitrogen and oxygen atoms in total. The van der Waals surface area contributed by atoms with Gasteiger partial charge in [-0.1, -0.05) is 0 Å².